The lowest BCUT2D eigenvalue weighted by molar-refractivity contribution is 0.0698. The minimum atomic E-state index is -1.02. The van der Waals surface area contributed by atoms with Crippen molar-refractivity contribution in [3.63, 3.8) is 0 Å². The molecule has 4 nitrogen and oxygen atoms in total. The van der Waals surface area contributed by atoms with Gasteiger partial charge in [-0.2, -0.15) is 0 Å². The van der Waals surface area contributed by atoms with E-state index in [-0.39, 0.29) is 11.3 Å². The fourth-order valence-electron chi connectivity index (χ4n) is 1.94. The second-order valence-electron chi connectivity index (χ2n) is 4.78. The normalized spacial score (nSPS) is 12.1. The van der Waals surface area contributed by atoms with Gasteiger partial charge in [0.15, 0.2) is 0 Å². The highest BCUT2D eigenvalue weighted by Crippen LogP contribution is 2.21. The molecule has 0 aliphatic rings. The number of aromatic carboxylic acids is 1. The van der Waals surface area contributed by atoms with Crippen molar-refractivity contribution in [2.45, 2.75) is 39.5 Å². The largest absolute Gasteiger partial charge is 0.493 e. The molecule has 0 spiro atoms. The number of ether oxygens (including phenoxy) is 1. The Morgan fingerprint density at radius 1 is 1.42 bits per heavy atom. The van der Waals surface area contributed by atoms with Crippen LogP contribution in [0.4, 0.5) is 5.69 Å². The van der Waals surface area contributed by atoms with Crippen LogP contribution in [0.5, 0.6) is 5.75 Å². The fourth-order valence-corrected chi connectivity index (χ4v) is 1.94. The van der Waals surface area contributed by atoms with E-state index in [1.807, 2.05) is 0 Å². The molecule has 0 fully saturated rings. The molecule has 0 aliphatic carbocycles. The molecule has 0 aliphatic heterocycles. The first-order chi connectivity index (χ1) is 9.08. The maximum Gasteiger partial charge on any atom is 0.337 e. The molecule has 0 saturated carbocycles. The molecule has 1 aromatic carbocycles. The smallest absolute Gasteiger partial charge is 0.337 e. The average Bonchev–Trinajstić information content (AvgIpc) is 2.38. The molecule has 0 amide bonds. The Balaban J connectivity index is 2.57. The second kappa shape index (κ2) is 7.67. The van der Waals surface area contributed by atoms with Crippen molar-refractivity contribution in [3.05, 3.63) is 23.8 Å². The van der Waals surface area contributed by atoms with Gasteiger partial charge in [0.25, 0.3) is 0 Å². The molecular formula is C15H23NO3. The number of unbranched alkanes of at least 4 members (excludes halogenated alkanes) is 1. The Morgan fingerprint density at radius 2 is 2.16 bits per heavy atom. The summed E-state index contributed by atoms with van der Waals surface area (Å²) in [5.41, 5.74) is 6.04. The van der Waals surface area contributed by atoms with Crippen molar-refractivity contribution in [2.24, 2.45) is 5.92 Å². The van der Waals surface area contributed by atoms with Crippen molar-refractivity contribution in [2.75, 3.05) is 12.3 Å². The van der Waals surface area contributed by atoms with Crippen LogP contribution in [0.15, 0.2) is 18.2 Å². The molecular weight excluding hydrogens is 242 g/mol. The number of anilines is 1. The average molecular weight is 265 g/mol. The van der Waals surface area contributed by atoms with E-state index >= 15 is 0 Å². The fraction of sp³-hybridized carbons (Fsp3) is 0.533. The molecule has 19 heavy (non-hydrogen) atoms. The number of nitrogens with two attached hydrogens (primary N) is 1. The van der Waals surface area contributed by atoms with E-state index in [9.17, 15) is 4.79 Å². The minimum absolute atomic E-state index is 0.116. The second-order valence-corrected chi connectivity index (χ2v) is 4.78. The van der Waals surface area contributed by atoms with Crippen LogP contribution in [0.3, 0.4) is 0 Å². The van der Waals surface area contributed by atoms with Crippen molar-refractivity contribution in [1.82, 2.24) is 0 Å². The number of nitrogen functional groups attached to an aromatic ring is 1. The summed E-state index contributed by atoms with van der Waals surface area (Å²) >= 11 is 0. The number of carbonyl (C=O) groups is 1. The molecule has 0 heterocycles. The summed E-state index contributed by atoms with van der Waals surface area (Å²) in [5.74, 6) is 0.163. The number of carboxylic acids is 1. The van der Waals surface area contributed by atoms with Crippen molar-refractivity contribution in [1.29, 1.82) is 0 Å². The molecule has 1 unspecified atom stereocenters. The standard InChI is InChI=1S/C15H23NO3/c1-3-5-6-11(4-2)10-19-12-7-8-13(15(17)18)14(16)9-12/h7-9,11H,3-6,10,16H2,1-2H3,(H,17,18). The van der Waals surface area contributed by atoms with Crippen LogP contribution in [0, 0.1) is 5.92 Å². The molecule has 0 saturated heterocycles. The van der Waals surface area contributed by atoms with Crippen molar-refractivity contribution >= 4 is 11.7 Å². The van der Waals surface area contributed by atoms with Crippen LogP contribution in [-0.4, -0.2) is 17.7 Å². The van der Waals surface area contributed by atoms with Gasteiger partial charge in [0, 0.05) is 11.8 Å². The van der Waals surface area contributed by atoms with Crippen LogP contribution >= 0.6 is 0 Å². The number of hydrogen-bond donors (Lipinski definition) is 2. The summed E-state index contributed by atoms with van der Waals surface area (Å²) in [6.07, 6.45) is 4.65. The summed E-state index contributed by atoms with van der Waals surface area (Å²) in [5, 5.41) is 8.89. The first-order valence-corrected chi connectivity index (χ1v) is 6.84. The van der Waals surface area contributed by atoms with Gasteiger partial charge in [0.05, 0.1) is 12.2 Å². The van der Waals surface area contributed by atoms with Gasteiger partial charge in [-0.25, -0.2) is 4.79 Å². The summed E-state index contributed by atoms with van der Waals surface area (Å²) in [4.78, 5) is 10.8. The van der Waals surface area contributed by atoms with Crippen LogP contribution in [0.1, 0.15) is 49.9 Å². The molecule has 0 bridgehead atoms. The molecule has 1 atom stereocenters. The van der Waals surface area contributed by atoms with Gasteiger partial charge in [0.1, 0.15) is 5.75 Å². The zero-order chi connectivity index (χ0) is 14.3. The highest BCUT2D eigenvalue weighted by Gasteiger charge is 2.10. The van der Waals surface area contributed by atoms with E-state index in [4.69, 9.17) is 15.6 Å². The molecule has 3 N–H and O–H groups in total. The molecule has 1 rings (SSSR count). The summed E-state index contributed by atoms with van der Waals surface area (Å²) in [6, 6.07) is 4.72. The first kappa shape index (κ1) is 15.3. The zero-order valence-electron chi connectivity index (χ0n) is 11.7. The highest BCUT2D eigenvalue weighted by molar-refractivity contribution is 5.93. The molecule has 0 radical (unpaired) electrons. The van der Waals surface area contributed by atoms with Gasteiger partial charge in [0.2, 0.25) is 0 Å². The lowest BCUT2D eigenvalue weighted by Gasteiger charge is -2.16. The van der Waals surface area contributed by atoms with Gasteiger partial charge >= 0.3 is 5.97 Å². The maximum atomic E-state index is 10.8. The maximum absolute atomic E-state index is 10.8. The minimum Gasteiger partial charge on any atom is -0.493 e. The van der Waals surface area contributed by atoms with Crippen LogP contribution < -0.4 is 10.5 Å². The highest BCUT2D eigenvalue weighted by atomic mass is 16.5. The zero-order valence-corrected chi connectivity index (χ0v) is 11.7. The van der Waals surface area contributed by atoms with E-state index in [1.54, 1.807) is 12.1 Å². The lowest BCUT2D eigenvalue weighted by atomic mass is 10.0. The SMILES string of the molecule is CCCCC(CC)COc1ccc(C(=O)O)c(N)c1. The summed E-state index contributed by atoms with van der Waals surface area (Å²) in [6.45, 7) is 4.99. The Bertz CT molecular complexity index is 418. The predicted molar refractivity (Wildman–Crippen MR) is 76.6 cm³/mol. The van der Waals surface area contributed by atoms with Crippen LogP contribution in [-0.2, 0) is 0 Å². The Kier molecular flexibility index (Phi) is 6.19. The molecule has 106 valence electrons. The number of benzene rings is 1. The van der Waals surface area contributed by atoms with Crippen LogP contribution in [0.25, 0.3) is 0 Å². The van der Waals surface area contributed by atoms with E-state index in [0.717, 1.165) is 12.8 Å². The third kappa shape index (κ3) is 4.81. The molecule has 0 aromatic heterocycles. The van der Waals surface area contributed by atoms with Gasteiger partial charge in [-0.3, -0.25) is 0 Å². The van der Waals surface area contributed by atoms with E-state index in [0.29, 0.717) is 18.3 Å². The number of hydrogen-bond acceptors (Lipinski definition) is 3. The topological polar surface area (TPSA) is 72.5 Å². The van der Waals surface area contributed by atoms with Gasteiger partial charge in [-0.1, -0.05) is 33.1 Å². The summed E-state index contributed by atoms with van der Waals surface area (Å²) in [7, 11) is 0. The quantitative estimate of drug-likeness (QED) is 0.705. The van der Waals surface area contributed by atoms with E-state index < -0.39 is 5.97 Å². The Labute approximate surface area is 114 Å². The number of rotatable bonds is 8. The van der Waals surface area contributed by atoms with Crippen LogP contribution in [0.2, 0.25) is 0 Å². The number of carboxylic acid groups (broad SMARTS) is 1. The predicted octanol–water partition coefficient (Wildman–Crippen LogP) is 3.56. The summed E-state index contributed by atoms with van der Waals surface area (Å²) < 4.78 is 5.70. The third-order valence-electron chi connectivity index (χ3n) is 3.28. The van der Waals surface area contributed by atoms with Gasteiger partial charge < -0.3 is 15.6 Å². The van der Waals surface area contributed by atoms with E-state index in [2.05, 4.69) is 13.8 Å². The van der Waals surface area contributed by atoms with Gasteiger partial charge in [-0.05, 0) is 24.5 Å². The first-order valence-electron chi connectivity index (χ1n) is 6.84. The monoisotopic (exact) mass is 265 g/mol. The van der Waals surface area contributed by atoms with E-state index in [1.165, 1.54) is 18.9 Å². The Hall–Kier alpha value is -1.71. The molecule has 4 heteroatoms. The van der Waals surface area contributed by atoms with Crippen molar-refractivity contribution < 1.29 is 14.6 Å². The third-order valence-corrected chi connectivity index (χ3v) is 3.28. The molecule has 1 aromatic rings. The van der Waals surface area contributed by atoms with Crippen molar-refractivity contribution in [3.8, 4) is 5.75 Å². The Morgan fingerprint density at radius 3 is 2.68 bits per heavy atom. The van der Waals surface area contributed by atoms with Gasteiger partial charge in [-0.15, -0.1) is 0 Å². The lowest BCUT2D eigenvalue weighted by Crippen LogP contribution is -2.11.